The molecule has 2 N–H and O–H groups in total. The quantitative estimate of drug-likeness (QED) is 0.276. The van der Waals surface area contributed by atoms with Crippen LogP contribution in [0.4, 0.5) is 10.3 Å². The van der Waals surface area contributed by atoms with E-state index in [2.05, 4.69) is 27.4 Å². The van der Waals surface area contributed by atoms with E-state index in [0.29, 0.717) is 23.3 Å². The average molecular weight is 433 g/mol. The van der Waals surface area contributed by atoms with Crippen molar-refractivity contribution in [3.63, 3.8) is 0 Å². The second kappa shape index (κ2) is 11.5. The summed E-state index contributed by atoms with van der Waals surface area (Å²) in [7, 11) is 0. The zero-order valence-electron chi connectivity index (χ0n) is 17.8. The van der Waals surface area contributed by atoms with Crippen molar-refractivity contribution in [1.29, 1.82) is 5.26 Å². The number of aromatic nitrogens is 2. The molecule has 0 radical (unpaired) electrons. The lowest BCUT2D eigenvalue weighted by Crippen LogP contribution is -2.16. The highest BCUT2D eigenvalue weighted by molar-refractivity contribution is 5.80. The molecule has 0 spiro atoms. The highest BCUT2D eigenvalue weighted by Gasteiger charge is 2.12. The fourth-order valence-corrected chi connectivity index (χ4v) is 3.00. The van der Waals surface area contributed by atoms with Crippen LogP contribution in [0.3, 0.4) is 0 Å². The average Bonchev–Trinajstić information content (AvgIpc) is 2.80. The monoisotopic (exact) mass is 433 g/mol. The van der Waals surface area contributed by atoms with Crippen LogP contribution in [0.15, 0.2) is 58.4 Å². The van der Waals surface area contributed by atoms with Crippen molar-refractivity contribution < 1.29 is 9.13 Å². The van der Waals surface area contributed by atoms with E-state index < -0.39 is 5.56 Å². The van der Waals surface area contributed by atoms with Gasteiger partial charge in [-0.15, -0.1) is 0 Å². The van der Waals surface area contributed by atoms with Gasteiger partial charge in [0.25, 0.3) is 5.56 Å². The number of halogens is 1. The highest BCUT2D eigenvalue weighted by atomic mass is 19.1. The van der Waals surface area contributed by atoms with Crippen LogP contribution >= 0.6 is 0 Å². The van der Waals surface area contributed by atoms with Crippen LogP contribution in [0.1, 0.15) is 42.9 Å². The van der Waals surface area contributed by atoms with E-state index in [1.165, 1.54) is 12.3 Å². The van der Waals surface area contributed by atoms with Crippen LogP contribution in [-0.2, 0) is 11.3 Å². The van der Waals surface area contributed by atoms with Crippen LogP contribution in [-0.4, -0.2) is 22.8 Å². The zero-order valence-corrected chi connectivity index (χ0v) is 17.8. The zero-order chi connectivity index (χ0) is 22.8. The lowest BCUT2D eigenvalue weighted by molar-refractivity contribution is 0.115. The van der Waals surface area contributed by atoms with Crippen molar-refractivity contribution in [2.45, 2.75) is 32.8 Å². The van der Waals surface area contributed by atoms with Gasteiger partial charge >= 0.3 is 0 Å². The van der Waals surface area contributed by atoms with E-state index in [0.717, 1.165) is 19.3 Å². The molecule has 3 rings (SSSR count). The summed E-state index contributed by atoms with van der Waals surface area (Å²) < 4.78 is 19.8. The molecule has 7 nitrogen and oxygen atoms in total. The molecular weight excluding hydrogens is 409 g/mol. The van der Waals surface area contributed by atoms with Gasteiger partial charge in [-0.25, -0.2) is 14.8 Å². The van der Waals surface area contributed by atoms with Gasteiger partial charge in [0.15, 0.2) is 0 Å². The molecule has 0 saturated heterocycles. The molecule has 32 heavy (non-hydrogen) atoms. The molecule has 0 aliphatic heterocycles. The summed E-state index contributed by atoms with van der Waals surface area (Å²) in [5.74, 6) is -0.303. The number of rotatable bonds is 10. The van der Waals surface area contributed by atoms with E-state index in [1.807, 2.05) is 12.1 Å². The van der Waals surface area contributed by atoms with Crippen LogP contribution in [0, 0.1) is 17.1 Å². The largest absolute Gasteiger partial charge is 0.377 e. The number of hydrazone groups is 1. The summed E-state index contributed by atoms with van der Waals surface area (Å²) in [6.45, 7) is 2.96. The first-order chi connectivity index (χ1) is 15.6. The first-order valence-electron chi connectivity index (χ1n) is 10.4. The van der Waals surface area contributed by atoms with Crippen LogP contribution in [0.5, 0.6) is 0 Å². The molecule has 1 aromatic heterocycles. The molecule has 0 unspecified atom stereocenters. The smallest absolute Gasteiger partial charge is 0.270 e. The Bertz CT molecular complexity index is 1170. The maximum atomic E-state index is 14.3. The summed E-state index contributed by atoms with van der Waals surface area (Å²) in [5, 5.41) is 13.3. The molecule has 164 valence electrons. The molecule has 2 aromatic carbocycles. The van der Waals surface area contributed by atoms with Gasteiger partial charge in [0, 0.05) is 17.7 Å². The minimum Gasteiger partial charge on any atom is -0.377 e. The van der Waals surface area contributed by atoms with Gasteiger partial charge < -0.3 is 4.74 Å². The highest BCUT2D eigenvalue weighted by Crippen LogP contribution is 2.19. The van der Waals surface area contributed by atoms with E-state index in [9.17, 15) is 14.4 Å². The van der Waals surface area contributed by atoms with Crippen LogP contribution in [0.25, 0.3) is 11.3 Å². The van der Waals surface area contributed by atoms with Gasteiger partial charge in [-0.2, -0.15) is 10.4 Å². The van der Waals surface area contributed by atoms with Gasteiger partial charge in [0.05, 0.1) is 18.5 Å². The van der Waals surface area contributed by atoms with Gasteiger partial charge in [0.2, 0.25) is 5.95 Å². The Morgan fingerprint density at radius 2 is 2.06 bits per heavy atom. The third-order valence-electron chi connectivity index (χ3n) is 4.69. The molecular formula is C24H24FN5O2. The molecule has 0 amide bonds. The molecule has 0 atom stereocenters. The van der Waals surface area contributed by atoms with Gasteiger partial charge in [-0.05, 0) is 18.1 Å². The molecule has 0 bridgehead atoms. The predicted molar refractivity (Wildman–Crippen MR) is 122 cm³/mol. The predicted octanol–water partition coefficient (Wildman–Crippen LogP) is 4.60. The van der Waals surface area contributed by atoms with Gasteiger partial charge in [-0.1, -0.05) is 62.2 Å². The third kappa shape index (κ3) is 6.09. The van der Waals surface area contributed by atoms with Crippen molar-refractivity contribution in [3.8, 4) is 17.3 Å². The number of nitrogens with one attached hydrogen (secondary N) is 2. The Morgan fingerprint density at radius 3 is 2.78 bits per heavy atom. The summed E-state index contributed by atoms with van der Waals surface area (Å²) in [6, 6.07) is 15.6. The van der Waals surface area contributed by atoms with Crippen LogP contribution < -0.4 is 11.0 Å². The molecule has 8 heteroatoms. The molecule has 3 aromatic rings. The fourth-order valence-electron chi connectivity index (χ4n) is 3.00. The van der Waals surface area contributed by atoms with Crippen molar-refractivity contribution in [2.75, 3.05) is 12.0 Å². The Kier molecular flexibility index (Phi) is 8.23. The number of H-pyrrole nitrogens is 1. The van der Waals surface area contributed by atoms with Crippen molar-refractivity contribution in [3.05, 3.63) is 81.4 Å². The number of hydrogen-bond acceptors (Lipinski definition) is 6. The Morgan fingerprint density at radius 1 is 1.25 bits per heavy atom. The topological polar surface area (TPSA) is 103 Å². The second-order valence-electron chi connectivity index (χ2n) is 7.10. The van der Waals surface area contributed by atoms with Gasteiger partial charge in [0.1, 0.15) is 17.4 Å². The molecule has 1 heterocycles. The number of anilines is 1. The maximum absolute atomic E-state index is 14.3. The van der Waals surface area contributed by atoms with E-state index in [-0.39, 0.29) is 29.6 Å². The number of nitrogens with zero attached hydrogens (tertiary/aromatic N) is 3. The standard InChI is InChI=1S/C24H24FN5O2/c1-2-3-7-12-32-16-19-11-10-17(13-21(19)25)15-27-30-24-28-22(18-8-5-4-6-9-18)20(14-26)23(31)29-24/h4-6,8-11,13,15H,2-3,7,12,16H2,1H3,(H2,28,29,30,31). The van der Waals surface area contributed by atoms with E-state index >= 15 is 0 Å². The van der Waals surface area contributed by atoms with Gasteiger partial charge in [-0.3, -0.25) is 9.78 Å². The number of aromatic amines is 1. The van der Waals surface area contributed by atoms with E-state index in [1.54, 1.807) is 36.4 Å². The Labute approximate surface area is 185 Å². The SMILES string of the molecule is CCCCCOCc1ccc(C=NNc2nc(-c3ccccc3)c(C#N)c(=O)[nH]2)cc1F. The fraction of sp³-hybridized carbons (Fsp3) is 0.250. The Hall–Kier alpha value is -3.83. The number of nitriles is 1. The first kappa shape index (κ1) is 22.8. The van der Waals surface area contributed by atoms with Crippen molar-refractivity contribution in [2.24, 2.45) is 5.10 Å². The normalized spacial score (nSPS) is 10.9. The Balaban J connectivity index is 1.68. The molecule has 0 aliphatic carbocycles. The second-order valence-corrected chi connectivity index (χ2v) is 7.10. The molecule has 0 saturated carbocycles. The summed E-state index contributed by atoms with van der Waals surface area (Å²) in [6.07, 6.45) is 4.58. The lowest BCUT2D eigenvalue weighted by Gasteiger charge is -2.07. The minimum atomic E-state index is -0.576. The molecule has 0 fully saturated rings. The number of unbranched alkanes of at least 4 members (excludes halogenated alkanes) is 2. The number of hydrogen-bond donors (Lipinski definition) is 2. The summed E-state index contributed by atoms with van der Waals surface area (Å²) >= 11 is 0. The third-order valence-corrected chi connectivity index (χ3v) is 4.69. The number of ether oxygens (including phenoxy) is 1. The summed E-state index contributed by atoms with van der Waals surface area (Å²) in [5.41, 5.74) is 3.88. The number of benzene rings is 2. The van der Waals surface area contributed by atoms with Crippen molar-refractivity contribution in [1.82, 2.24) is 9.97 Å². The lowest BCUT2D eigenvalue weighted by atomic mass is 10.1. The summed E-state index contributed by atoms with van der Waals surface area (Å²) in [4.78, 5) is 19.0. The minimum absolute atomic E-state index is 0.0710. The maximum Gasteiger partial charge on any atom is 0.270 e. The van der Waals surface area contributed by atoms with Crippen molar-refractivity contribution >= 4 is 12.2 Å². The first-order valence-corrected chi connectivity index (χ1v) is 10.4. The van der Waals surface area contributed by atoms with E-state index in [4.69, 9.17) is 4.74 Å². The van der Waals surface area contributed by atoms with Crippen LogP contribution in [0.2, 0.25) is 0 Å². The molecule has 0 aliphatic rings.